The summed E-state index contributed by atoms with van der Waals surface area (Å²) in [5, 5.41) is 0. The van der Waals surface area contributed by atoms with E-state index in [1.807, 2.05) is 12.3 Å². The average molecular weight is 261 g/mol. The van der Waals surface area contributed by atoms with E-state index in [2.05, 4.69) is 6.07 Å². The van der Waals surface area contributed by atoms with E-state index < -0.39 is 0 Å². The Morgan fingerprint density at radius 3 is 2.47 bits per heavy atom. The van der Waals surface area contributed by atoms with E-state index in [9.17, 15) is 4.79 Å². The first kappa shape index (κ1) is 12.8. The van der Waals surface area contributed by atoms with Crippen molar-refractivity contribution in [1.82, 2.24) is 4.73 Å². The van der Waals surface area contributed by atoms with Gasteiger partial charge in [-0.2, -0.15) is 4.73 Å². The normalized spacial score (nSPS) is 21.7. The number of rotatable bonds is 3. The molecule has 3 heteroatoms. The Morgan fingerprint density at radius 2 is 1.74 bits per heavy atom. The van der Waals surface area contributed by atoms with Crippen molar-refractivity contribution in [3.63, 3.8) is 0 Å². The van der Waals surface area contributed by atoms with Gasteiger partial charge in [0.15, 0.2) is 0 Å². The van der Waals surface area contributed by atoms with Gasteiger partial charge in [0.05, 0.1) is 11.6 Å². The summed E-state index contributed by atoms with van der Waals surface area (Å²) in [4.78, 5) is 17.7. The van der Waals surface area contributed by atoms with Gasteiger partial charge in [-0.25, -0.2) is 4.79 Å². The van der Waals surface area contributed by atoms with Crippen molar-refractivity contribution in [2.75, 3.05) is 0 Å². The molecule has 104 valence electrons. The summed E-state index contributed by atoms with van der Waals surface area (Å²) >= 11 is 0. The van der Waals surface area contributed by atoms with Gasteiger partial charge >= 0.3 is 5.97 Å². The Bertz CT molecular complexity index is 426. The molecular weight excluding hydrogens is 238 g/mol. The number of carbonyl (C=O) groups is 1. The lowest BCUT2D eigenvalue weighted by molar-refractivity contribution is -0.149. The molecular formula is C16H23NO2. The molecule has 2 fully saturated rings. The minimum atomic E-state index is -0.0363. The van der Waals surface area contributed by atoms with Crippen molar-refractivity contribution in [2.45, 2.75) is 63.7 Å². The van der Waals surface area contributed by atoms with Crippen LogP contribution in [0.3, 0.4) is 0 Å². The van der Waals surface area contributed by atoms with Crippen LogP contribution in [0.4, 0.5) is 0 Å². The monoisotopic (exact) mass is 261 g/mol. The van der Waals surface area contributed by atoms with Crippen molar-refractivity contribution in [3.8, 4) is 0 Å². The Kier molecular flexibility index (Phi) is 3.90. The van der Waals surface area contributed by atoms with Crippen LogP contribution in [-0.4, -0.2) is 10.7 Å². The summed E-state index contributed by atoms with van der Waals surface area (Å²) in [5.74, 6) is 0.660. The van der Waals surface area contributed by atoms with Crippen LogP contribution in [0.5, 0.6) is 0 Å². The molecule has 0 amide bonds. The maximum Gasteiger partial charge on any atom is 0.335 e. The minimum Gasteiger partial charge on any atom is -0.337 e. The molecule has 0 N–H and O–H groups in total. The van der Waals surface area contributed by atoms with Crippen molar-refractivity contribution < 1.29 is 9.63 Å². The maximum atomic E-state index is 12.1. The number of nitrogens with zero attached hydrogens (tertiary/aromatic N) is 1. The molecule has 19 heavy (non-hydrogen) atoms. The van der Waals surface area contributed by atoms with Crippen LogP contribution in [0.2, 0.25) is 0 Å². The van der Waals surface area contributed by atoms with Gasteiger partial charge in [-0.1, -0.05) is 32.1 Å². The topological polar surface area (TPSA) is 31.2 Å². The first-order chi connectivity index (χ1) is 9.34. The molecule has 0 unspecified atom stereocenters. The predicted molar refractivity (Wildman–Crippen MR) is 73.8 cm³/mol. The van der Waals surface area contributed by atoms with E-state index >= 15 is 0 Å². The number of hydrogen-bond donors (Lipinski definition) is 0. The molecule has 0 aliphatic heterocycles. The van der Waals surface area contributed by atoms with E-state index in [0.717, 1.165) is 12.8 Å². The van der Waals surface area contributed by atoms with Crippen molar-refractivity contribution in [1.29, 1.82) is 0 Å². The van der Waals surface area contributed by atoms with Gasteiger partial charge in [0.2, 0.25) is 0 Å². The SMILES string of the molecule is O=C(On1cccc1C1CCCCC1)C1CCCC1. The fraction of sp³-hybridized carbons (Fsp3) is 0.688. The summed E-state index contributed by atoms with van der Waals surface area (Å²) in [5.41, 5.74) is 1.19. The van der Waals surface area contributed by atoms with Gasteiger partial charge in [-0.3, -0.25) is 0 Å². The van der Waals surface area contributed by atoms with Crippen molar-refractivity contribution in [3.05, 3.63) is 24.0 Å². The fourth-order valence-corrected chi connectivity index (χ4v) is 3.51. The van der Waals surface area contributed by atoms with E-state index in [1.54, 1.807) is 4.73 Å². The average Bonchev–Trinajstić information content (AvgIpc) is 3.11. The van der Waals surface area contributed by atoms with Crippen LogP contribution >= 0.6 is 0 Å². The third-order valence-electron chi connectivity index (χ3n) is 4.64. The molecule has 0 aromatic carbocycles. The standard InChI is InChI=1S/C16H23NO2/c18-16(14-9-4-5-10-14)19-17-12-6-11-15(17)13-7-2-1-3-8-13/h6,11-14H,1-5,7-10H2. The predicted octanol–water partition coefficient (Wildman–Crippen LogP) is 3.68. The largest absolute Gasteiger partial charge is 0.337 e. The van der Waals surface area contributed by atoms with Gasteiger partial charge in [-0.05, 0) is 37.8 Å². The first-order valence-corrected chi connectivity index (χ1v) is 7.74. The molecule has 0 atom stereocenters. The minimum absolute atomic E-state index is 0.0363. The second-order valence-corrected chi connectivity index (χ2v) is 5.99. The fourth-order valence-electron chi connectivity index (χ4n) is 3.51. The molecule has 2 saturated carbocycles. The Balaban J connectivity index is 1.67. The summed E-state index contributed by atoms with van der Waals surface area (Å²) < 4.78 is 1.73. The quantitative estimate of drug-likeness (QED) is 0.831. The van der Waals surface area contributed by atoms with E-state index in [-0.39, 0.29) is 11.9 Å². The highest BCUT2D eigenvalue weighted by molar-refractivity contribution is 5.73. The van der Waals surface area contributed by atoms with E-state index in [1.165, 1.54) is 50.6 Å². The highest BCUT2D eigenvalue weighted by Crippen LogP contribution is 2.32. The summed E-state index contributed by atoms with van der Waals surface area (Å²) in [6.07, 6.45) is 12.6. The van der Waals surface area contributed by atoms with E-state index in [4.69, 9.17) is 4.84 Å². The van der Waals surface area contributed by atoms with E-state index in [0.29, 0.717) is 5.92 Å². The zero-order valence-electron chi connectivity index (χ0n) is 11.5. The Hall–Kier alpha value is -1.25. The molecule has 3 rings (SSSR count). The molecule has 0 spiro atoms. The van der Waals surface area contributed by atoms with Gasteiger partial charge in [0.1, 0.15) is 0 Å². The molecule has 1 aromatic heterocycles. The summed E-state index contributed by atoms with van der Waals surface area (Å²) in [7, 11) is 0. The molecule has 0 radical (unpaired) electrons. The second kappa shape index (κ2) is 5.81. The zero-order chi connectivity index (χ0) is 13.1. The van der Waals surface area contributed by atoms with Crippen LogP contribution in [0, 0.1) is 5.92 Å². The van der Waals surface area contributed by atoms with Gasteiger partial charge in [0.25, 0.3) is 0 Å². The Labute approximate surface area is 114 Å². The number of carbonyl (C=O) groups excluding carboxylic acids is 1. The lowest BCUT2D eigenvalue weighted by Gasteiger charge is -2.23. The molecule has 2 aliphatic rings. The molecule has 3 nitrogen and oxygen atoms in total. The molecule has 1 aromatic rings. The summed E-state index contributed by atoms with van der Waals surface area (Å²) in [6.45, 7) is 0. The van der Waals surface area contributed by atoms with Crippen LogP contribution < -0.4 is 4.84 Å². The lowest BCUT2D eigenvalue weighted by Crippen LogP contribution is -2.27. The number of hydrogen-bond acceptors (Lipinski definition) is 2. The highest BCUT2D eigenvalue weighted by Gasteiger charge is 2.26. The second-order valence-electron chi connectivity index (χ2n) is 5.99. The van der Waals surface area contributed by atoms with Gasteiger partial charge in [-0.15, -0.1) is 0 Å². The van der Waals surface area contributed by atoms with Crippen LogP contribution in [-0.2, 0) is 4.79 Å². The zero-order valence-corrected chi connectivity index (χ0v) is 11.5. The summed E-state index contributed by atoms with van der Waals surface area (Å²) in [6, 6.07) is 4.10. The van der Waals surface area contributed by atoms with Gasteiger partial charge < -0.3 is 4.84 Å². The highest BCUT2D eigenvalue weighted by atomic mass is 16.7. The van der Waals surface area contributed by atoms with Crippen molar-refractivity contribution in [2.24, 2.45) is 5.92 Å². The van der Waals surface area contributed by atoms with Gasteiger partial charge in [0, 0.05) is 12.1 Å². The van der Waals surface area contributed by atoms with Crippen LogP contribution in [0.1, 0.15) is 69.4 Å². The van der Waals surface area contributed by atoms with Crippen LogP contribution in [0.25, 0.3) is 0 Å². The van der Waals surface area contributed by atoms with Crippen LogP contribution in [0.15, 0.2) is 18.3 Å². The Morgan fingerprint density at radius 1 is 1.05 bits per heavy atom. The van der Waals surface area contributed by atoms with Crippen molar-refractivity contribution >= 4 is 5.97 Å². The molecule has 0 bridgehead atoms. The molecule has 1 heterocycles. The smallest absolute Gasteiger partial charge is 0.335 e. The first-order valence-electron chi connectivity index (χ1n) is 7.74. The number of aromatic nitrogens is 1. The molecule has 2 aliphatic carbocycles. The molecule has 0 saturated heterocycles. The third kappa shape index (κ3) is 2.85. The lowest BCUT2D eigenvalue weighted by atomic mass is 9.87. The maximum absolute atomic E-state index is 12.1. The third-order valence-corrected chi connectivity index (χ3v) is 4.64.